The van der Waals surface area contributed by atoms with E-state index in [0.717, 1.165) is 19.4 Å². The van der Waals surface area contributed by atoms with Crippen molar-refractivity contribution in [3.05, 3.63) is 0 Å². The van der Waals surface area contributed by atoms with Crippen LogP contribution < -0.4 is 5.32 Å². The van der Waals surface area contributed by atoms with Crippen LogP contribution in [0.3, 0.4) is 0 Å². The first-order chi connectivity index (χ1) is 5.25. The number of nitrogens with one attached hydrogen (secondary N) is 1. The van der Waals surface area contributed by atoms with Gasteiger partial charge in [0.05, 0.1) is 6.54 Å². The minimum absolute atomic E-state index is 0.490. The van der Waals surface area contributed by atoms with Crippen LogP contribution in [0.2, 0.25) is 0 Å². The molecule has 0 saturated carbocycles. The third-order valence-corrected chi connectivity index (χ3v) is 2.30. The van der Waals surface area contributed by atoms with Crippen LogP contribution >= 0.6 is 0 Å². The van der Waals surface area contributed by atoms with Crippen molar-refractivity contribution in [1.29, 1.82) is 0 Å². The Hall–Kier alpha value is -0.410. The van der Waals surface area contributed by atoms with Gasteiger partial charge < -0.3 is 10.1 Å². The van der Waals surface area contributed by atoms with Gasteiger partial charge in [-0.05, 0) is 13.8 Å². The Balaban J connectivity index is 2.47. The van der Waals surface area contributed by atoms with Gasteiger partial charge in [0, 0.05) is 25.2 Å². The number of nitrogens with zero attached hydrogens (tertiary/aromatic N) is 1. The third kappa shape index (κ3) is 2.01. The molecule has 0 bridgehead atoms. The van der Waals surface area contributed by atoms with E-state index in [1.54, 1.807) is 0 Å². The van der Waals surface area contributed by atoms with E-state index >= 15 is 0 Å². The summed E-state index contributed by atoms with van der Waals surface area (Å²) < 4.78 is 0. The summed E-state index contributed by atoms with van der Waals surface area (Å²) in [6.07, 6.45) is 0.984. The van der Waals surface area contributed by atoms with Gasteiger partial charge in [0.1, 0.15) is 6.29 Å². The van der Waals surface area contributed by atoms with E-state index in [1.807, 2.05) is 0 Å². The number of carbonyl (C=O) groups is 1. The Kier molecular flexibility index (Phi) is 3.02. The van der Waals surface area contributed by atoms with E-state index in [1.165, 1.54) is 0 Å². The van der Waals surface area contributed by atoms with Crippen LogP contribution in [0.1, 0.15) is 13.8 Å². The highest BCUT2D eigenvalue weighted by atomic mass is 16.1. The summed E-state index contributed by atoms with van der Waals surface area (Å²) in [7, 11) is 0. The molecule has 0 spiro atoms. The summed E-state index contributed by atoms with van der Waals surface area (Å²) in [6, 6.07) is 0.980. The van der Waals surface area contributed by atoms with E-state index in [9.17, 15) is 4.79 Å². The van der Waals surface area contributed by atoms with E-state index in [0.29, 0.717) is 18.6 Å². The molecule has 0 radical (unpaired) electrons. The molecule has 0 aromatic rings. The SMILES string of the molecule is C[C@@H]1CNC[C@H](C)N1CC=O. The van der Waals surface area contributed by atoms with Gasteiger partial charge in [-0.25, -0.2) is 0 Å². The molecule has 64 valence electrons. The van der Waals surface area contributed by atoms with Crippen molar-refractivity contribution < 1.29 is 4.79 Å². The highest BCUT2D eigenvalue weighted by Gasteiger charge is 2.23. The summed E-state index contributed by atoms with van der Waals surface area (Å²) >= 11 is 0. The lowest BCUT2D eigenvalue weighted by molar-refractivity contribution is -0.110. The van der Waals surface area contributed by atoms with Crippen molar-refractivity contribution in [3.8, 4) is 0 Å². The maximum absolute atomic E-state index is 10.3. The van der Waals surface area contributed by atoms with Crippen molar-refractivity contribution in [3.63, 3.8) is 0 Å². The number of aldehydes is 1. The number of rotatable bonds is 2. The molecule has 3 heteroatoms. The lowest BCUT2D eigenvalue weighted by Gasteiger charge is -2.38. The lowest BCUT2D eigenvalue weighted by Crippen LogP contribution is -2.55. The zero-order valence-corrected chi connectivity index (χ0v) is 7.21. The van der Waals surface area contributed by atoms with Crippen molar-refractivity contribution >= 4 is 6.29 Å². The fraction of sp³-hybridized carbons (Fsp3) is 0.875. The minimum Gasteiger partial charge on any atom is -0.314 e. The first kappa shape index (κ1) is 8.68. The summed E-state index contributed by atoms with van der Waals surface area (Å²) in [4.78, 5) is 12.5. The van der Waals surface area contributed by atoms with Gasteiger partial charge >= 0.3 is 0 Å². The molecule has 0 aromatic heterocycles. The maximum atomic E-state index is 10.3. The number of hydrogen-bond acceptors (Lipinski definition) is 3. The molecule has 1 aliphatic heterocycles. The fourth-order valence-corrected chi connectivity index (χ4v) is 1.62. The summed E-state index contributed by atoms with van der Waals surface area (Å²) in [5, 5.41) is 3.32. The Labute approximate surface area is 67.8 Å². The molecule has 1 heterocycles. The van der Waals surface area contributed by atoms with Gasteiger partial charge in [-0.15, -0.1) is 0 Å². The molecule has 1 N–H and O–H groups in total. The molecule has 0 amide bonds. The van der Waals surface area contributed by atoms with Gasteiger partial charge in [0.2, 0.25) is 0 Å². The summed E-state index contributed by atoms with van der Waals surface area (Å²) in [5.41, 5.74) is 0. The van der Waals surface area contributed by atoms with Gasteiger partial charge in [0.25, 0.3) is 0 Å². The number of piperazine rings is 1. The first-order valence-electron chi connectivity index (χ1n) is 4.15. The second-order valence-electron chi connectivity index (χ2n) is 3.22. The molecule has 2 atom stereocenters. The molecular formula is C8H16N2O. The quantitative estimate of drug-likeness (QED) is 0.565. The normalized spacial score (nSPS) is 33.6. The number of hydrogen-bond donors (Lipinski definition) is 1. The molecule has 0 aromatic carbocycles. The number of carbonyl (C=O) groups excluding carboxylic acids is 1. The zero-order chi connectivity index (χ0) is 8.27. The van der Waals surface area contributed by atoms with Gasteiger partial charge in [-0.2, -0.15) is 0 Å². The van der Waals surface area contributed by atoms with Crippen LogP contribution in [0, 0.1) is 0 Å². The average Bonchev–Trinajstić information content (AvgIpc) is 1.97. The van der Waals surface area contributed by atoms with Crippen LogP contribution in [-0.2, 0) is 4.79 Å². The molecule has 11 heavy (non-hydrogen) atoms. The van der Waals surface area contributed by atoms with Crippen molar-refractivity contribution in [2.45, 2.75) is 25.9 Å². The smallest absolute Gasteiger partial charge is 0.134 e. The van der Waals surface area contributed by atoms with E-state index in [4.69, 9.17) is 0 Å². The second kappa shape index (κ2) is 3.83. The topological polar surface area (TPSA) is 32.3 Å². The molecule has 1 saturated heterocycles. The lowest BCUT2D eigenvalue weighted by atomic mass is 10.1. The first-order valence-corrected chi connectivity index (χ1v) is 4.15. The molecule has 0 unspecified atom stereocenters. The molecular weight excluding hydrogens is 140 g/mol. The van der Waals surface area contributed by atoms with Gasteiger partial charge in [0.15, 0.2) is 0 Å². The highest BCUT2D eigenvalue weighted by Crippen LogP contribution is 2.07. The molecule has 3 nitrogen and oxygen atoms in total. The molecule has 0 aliphatic carbocycles. The largest absolute Gasteiger partial charge is 0.314 e. The van der Waals surface area contributed by atoms with Crippen LogP contribution in [0.5, 0.6) is 0 Å². The van der Waals surface area contributed by atoms with Gasteiger partial charge in [-0.3, -0.25) is 4.90 Å². The van der Waals surface area contributed by atoms with Crippen molar-refractivity contribution in [2.75, 3.05) is 19.6 Å². The Morgan fingerprint density at radius 2 is 2.00 bits per heavy atom. The molecule has 1 aliphatic rings. The molecule has 1 fully saturated rings. The van der Waals surface area contributed by atoms with Crippen LogP contribution in [0.4, 0.5) is 0 Å². The Morgan fingerprint density at radius 3 is 2.45 bits per heavy atom. The predicted octanol–water partition coefficient (Wildman–Crippen LogP) is -0.132. The second-order valence-corrected chi connectivity index (χ2v) is 3.22. The van der Waals surface area contributed by atoms with E-state index in [2.05, 4.69) is 24.1 Å². The Bertz CT molecular complexity index is 128. The standard InChI is InChI=1S/C8H16N2O/c1-7-5-9-6-8(2)10(7)3-4-11/h4,7-9H,3,5-6H2,1-2H3/t7-,8+. The maximum Gasteiger partial charge on any atom is 0.134 e. The van der Waals surface area contributed by atoms with Gasteiger partial charge in [-0.1, -0.05) is 0 Å². The monoisotopic (exact) mass is 156 g/mol. The third-order valence-electron chi connectivity index (χ3n) is 2.30. The Morgan fingerprint density at radius 1 is 1.45 bits per heavy atom. The van der Waals surface area contributed by atoms with Crippen molar-refractivity contribution in [1.82, 2.24) is 10.2 Å². The predicted molar refractivity (Wildman–Crippen MR) is 44.6 cm³/mol. The summed E-state index contributed by atoms with van der Waals surface area (Å²) in [6.45, 7) is 6.86. The fourth-order valence-electron chi connectivity index (χ4n) is 1.62. The zero-order valence-electron chi connectivity index (χ0n) is 7.21. The molecule has 1 rings (SSSR count). The van der Waals surface area contributed by atoms with Crippen LogP contribution in [0.15, 0.2) is 0 Å². The van der Waals surface area contributed by atoms with Crippen LogP contribution in [-0.4, -0.2) is 42.9 Å². The van der Waals surface area contributed by atoms with E-state index < -0.39 is 0 Å². The average molecular weight is 156 g/mol. The van der Waals surface area contributed by atoms with Crippen molar-refractivity contribution in [2.24, 2.45) is 0 Å². The summed E-state index contributed by atoms with van der Waals surface area (Å²) in [5.74, 6) is 0. The minimum atomic E-state index is 0.490. The highest BCUT2D eigenvalue weighted by molar-refractivity contribution is 5.52. The van der Waals surface area contributed by atoms with Crippen LogP contribution in [0.25, 0.3) is 0 Å². The van der Waals surface area contributed by atoms with E-state index in [-0.39, 0.29) is 0 Å².